The van der Waals surface area contributed by atoms with E-state index in [1.165, 1.54) is 0 Å². The molecule has 0 bridgehead atoms. The Morgan fingerprint density at radius 2 is 2.05 bits per heavy atom. The monoisotopic (exact) mass is 269 g/mol. The largest absolute Gasteiger partial charge is 0.337 e. The fourth-order valence-electron chi connectivity index (χ4n) is 2.58. The molecule has 5 nitrogen and oxygen atoms in total. The zero-order chi connectivity index (χ0) is 14.1. The SMILES string of the molecule is Cc1cccc2c1N(CCCn1ccnc1)C(=O)C2=O. The first-order valence-corrected chi connectivity index (χ1v) is 6.60. The molecule has 0 atom stereocenters. The summed E-state index contributed by atoms with van der Waals surface area (Å²) in [7, 11) is 0. The number of benzene rings is 1. The number of para-hydroxylation sites is 1. The molecule has 0 unspecified atom stereocenters. The van der Waals surface area contributed by atoms with Gasteiger partial charge in [0.2, 0.25) is 0 Å². The average Bonchev–Trinajstić information content (AvgIpc) is 3.03. The number of carbonyl (C=O) groups is 2. The maximum absolute atomic E-state index is 12.1. The molecule has 20 heavy (non-hydrogen) atoms. The van der Waals surface area contributed by atoms with Crippen LogP contribution in [0.4, 0.5) is 5.69 Å². The molecule has 1 aliphatic heterocycles. The number of hydrogen-bond donors (Lipinski definition) is 0. The van der Waals surface area contributed by atoms with E-state index in [9.17, 15) is 9.59 Å². The summed E-state index contributed by atoms with van der Waals surface area (Å²) in [4.78, 5) is 29.6. The Hall–Kier alpha value is -2.43. The van der Waals surface area contributed by atoms with Gasteiger partial charge in [-0.2, -0.15) is 0 Å². The van der Waals surface area contributed by atoms with Gasteiger partial charge in [-0.05, 0) is 25.0 Å². The van der Waals surface area contributed by atoms with Crippen molar-refractivity contribution in [2.24, 2.45) is 0 Å². The van der Waals surface area contributed by atoms with Gasteiger partial charge in [0.1, 0.15) is 0 Å². The first-order chi connectivity index (χ1) is 9.68. The lowest BCUT2D eigenvalue weighted by Gasteiger charge is -2.18. The highest BCUT2D eigenvalue weighted by Crippen LogP contribution is 2.32. The van der Waals surface area contributed by atoms with Crippen molar-refractivity contribution in [1.29, 1.82) is 0 Å². The molecule has 102 valence electrons. The molecule has 0 saturated carbocycles. The molecule has 2 heterocycles. The molecule has 5 heteroatoms. The fraction of sp³-hybridized carbons (Fsp3) is 0.267. The zero-order valence-electron chi connectivity index (χ0n) is 11.2. The predicted octanol–water partition coefficient (Wildman–Crippen LogP) is 1.81. The van der Waals surface area contributed by atoms with E-state index in [1.807, 2.05) is 29.8 Å². The van der Waals surface area contributed by atoms with Gasteiger partial charge in [-0.3, -0.25) is 9.59 Å². The Morgan fingerprint density at radius 1 is 1.20 bits per heavy atom. The van der Waals surface area contributed by atoms with Gasteiger partial charge in [-0.15, -0.1) is 0 Å². The smallest absolute Gasteiger partial charge is 0.299 e. The van der Waals surface area contributed by atoms with Crippen molar-refractivity contribution >= 4 is 17.4 Å². The van der Waals surface area contributed by atoms with Gasteiger partial charge in [0.25, 0.3) is 11.7 Å². The molecule has 0 spiro atoms. The summed E-state index contributed by atoms with van der Waals surface area (Å²) >= 11 is 0. The molecule has 3 rings (SSSR count). The third-order valence-corrected chi connectivity index (χ3v) is 3.55. The van der Waals surface area contributed by atoms with E-state index < -0.39 is 11.7 Å². The second-order valence-electron chi connectivity index (χ2n) is 4.91. The number of rotatable bonds is 4. The maximum Gasteiger partial charge on any atom is 0.299 e. The Morgan fingerprint density at radius 3 is 2.80 bits per heavy atom. The summed E-state index contributed by atoms with van der Waals surface area (Å²) in [5.74, 6) is -0.814. The van der Waals surface area contributed by atoms with Crippen molar-refractivity contribution < 1.29 is 9.59 Å². The number of ketones is 1. The van der Waals surface area contributed by atoms with E-state index in [0.717, 1.165) is 24.2 Å². The second kappa shape index (κ2) is 4.92. The highest BCUT2D eigenvalue weighted by molar-refractivity contribution is 6.52. The summed E-state index contributed by atoms with van der Waals surface area (Å²) < 4.78 is 1.96. The summed E-state index contributed by atoms with van der Waals surface area (Å²) in [6, 6.07) is 5.46. The van der Waals surface area contributed by atoms with Gasteiger partial charge in [0.15, 0.2) is 0 Å². The number of aromatic nitrogens is 2. The van der Waals surface area contributed by atoms with Crippen LogP contribution in [0.1, 0.15) is 22.3 Å². The molecule has 0 radical (unpaired) electrons. The van der Waals surface area contributed by atoms with Crippen molar-refractivity contribution in [3.8, 4) is 0 Å². The first kappa shape index (κ1) is 12.6. The summed E-state index contributed by atoms with van der Waals surface area (Å²) in [6.45, 7) is 3.24. The summed E-state index contributed by atoms with van der Waals surface area (Å²) in [5.41, 5.74) is 2.26. The number of nitrogens with zero attached hydrogens (tertiary/aromatic N) is 3. The lowest BCUT2D eigenvalue weighted by molar-refractivity contribution is -0.114. The summed E-state index contributed by atoms with van der Waals surface area (Å²) in [6.07, 6.45) is 6.14. The molecule has 1 aromatic heterocycles. The Bertz CT molecular complexity index is 662. The van der Waals surface area contributed by atoms with Gasteiger partial charge in [0, 0.05) is 25.5 Å². The van der Waals surface area contributed by atoms with Gasteiger partial charge in [0.05, 0.1) is 17.6 Å². The van der Waals surface area contributed by atoms with Gasteiger partial charge >= 0.3 is 0 Å². The van der Waals surface area contributed by atoms with Gasteiger partial charge in [-0.25, -0.2) is 4.98 Å². The third-order valence-electron chi connectivity index (χ3n) is 3.55. The van der Waals surface area contributed by atoms with Crippen LogP contribution < -0.4 is 4.90 Å². The van der Waals surface area contributed by atoms with Crippen LogP contribution in [0.15, 0.2) is 36.9 Å². The summed E-state index contributed by atoms with van der Waals surface area (Å²) in [5, 5.41) is 0. The van der Waals surface area contributed by atoms with Crippen molar-refractivity contribution in [2.45, 2.75) is 19.9 Å². The Labute approximate surface area is 116 Å². The van der Waals surface area contributed by atoms with E-state index in [4.69, 9.17) is 0 Å². The molecule has 0 fully saturated rings. The minimum atomic E-state index is -0.417. The number of anilines is 1. The molecule has 0 saturated heterocycles. The zero-order valence-corrected chi connectivity index (χ0v) is 11.2. The van der Waals surface area contributed by atoms with Crippen molar-refractivity contribution in [2.75, 3.05) is 11.4 Å². The average molecular weight is 269 g/mol. The number of carbonyl (C=O) groups excluding carboxylic acids is 2. The predicted molar refractivity (Wildman–Crippen MR) is 74.7 cm³/mol. The number of amides is 1. The normalized spacial score (nSPS) is 13.9. The topological polar surface area (TPSA) is 55.2 Å². The van der Waals surface area contributed by atoms with E-state index in [1.54, 1.807) is 23.5 Å². The highest BCUT2D eigenvalue weighted by Gasteiger charge is 2.36. The number of hydrogen-bond acceptors (Lipinski definition) is 3. The standard InChI is InChI=1S/C15H15N3O2/c1-11-4-2-5-12-13(11)18(15(20)14(12)19)8-3-7-17-9-6-16-10-17/h2,4-6,9-10H,3,7-8H2,1H3. The van der Waals surface area contributed by atoms with Crippen LogP contribution in [0.5, 0.6) is 0 Å². The van der Waals surface area contributed by atoms with Crippen LogP contribution in [-0.2, 0) is 11.3 Å². The van der Waals surface area contributed by atoms with E-state index in [0.29, 0.717) is 12.1 Å². The van der Waals surface area contributed by atoms with Crippen molar-refractivity contribution in [1.82, 2.24) is 9.55 Å². The minimum absolute atomic E-state index is 0.397. The van der Waals surface area contributed by atoms with E-state index in [-0.39, 0.29) is 0 Å². The molecule has 0 aliphatic carbocycles. The van der Waals surface area contributed by atoms with Gasteiger partial charge < -0.3 is 9.47 Å². The molecule has 1 aromatic carbocycles. The maximum atomic E-state index is 12.1. The highest BCUT2D eigenvalue weighted by atomic mass is 16.2. The second-order valence-corrected chi connectivity index (χ2v) is 4.91. The van der Waals surface area contributed by atoms with Gasteiger partial charge in [-0.1, -0.05) is 12.1 Å². The number of fused-ring (bicyclic) bond motifs is 1. The lowest BCUT2D eigenvalue weighted by Crippen LogP contribution is -2.31. The molecule has 1 aliphatic rings. The number of aryl methyl sites for hydroxylation is 2. The van der Waals surface area contributed by atoms with Crippen LogP contribution in [0.25, 0.3) is 0 Å². The molecular formula is C15H15N3O2. The lowest BCUT2D eigenvalue weighted by atomic mass is 10.1. The van der Waals surface area contributed by atoms with Crippen molar-refractivity contribution in [3.05, 3.63) is 48.0 Å². The van der Waals surface area contributed by atoms with E-state index in [2.05, 4.69) is 4.98 Å². The molecule has 0 N–H and O–H groups in total. The van der Waals surface area contributed by atoms with Crippen LogP contribution in [0.3, 0.4) is 0 Å². The quantitative estimate of drug-likeness (QED) is 0.795. The molecular weight excluding hydrogens is 254 g/mol. The molecule has 2 aromatic rings. The van der Waals surface area contributed by atoms with Crippen LogP contribution in [0.2, 0.25) is 0 Å². The minimum Gasteiger partial charge on any atom is -0.337 e. The van der Waals surface area contributed by atoms with Crippen LogP contribution in [0, 0.1) is 6.92 Å². The fourth-order valence-corrected chi connectivity index (χ4v) is 2.58. The Balaban J connectivity index is 1.77. The third kappa shape index (κ3) is 2.01. The van der Waals surface area contributed by atoms with E-state index >= 15 is 0 Å². The Kier molecular flexibility index (Phi) is 3.10. The van der Waals surface area contributed by atoms with Crippen LogP contribution in [-0.4, -0.2) is 27.8 Å². The van der Waals surface area contributed by atoms with Crippen molar-refractivity contribution in [3.63, 3.8) is 0 Å². The first-order valence-electron chi connectivity index (χ1n) is 6.60. The number of imidazole rings is 1. The number of Topliss-reactive ketones (excluding diaryl/α,β-unsaturated/α-hetero) is 1. The van der Waals surface area contributed by atoms with Crippen LogP contribution >= 0.6 is 0 Å². The molecule has 1 amide bonds.